The molecule has 21 heavy (non-hydrogen) atoms. The molecule has 0 aliphatic rings. The van der Waals surface area contributed by atoms with Crippen molar-refractivity contribution in [2.24, 2.45) is 0 Å². The van der Waals surface area contributed by atoms with Crippen molar-refractivity contribution in [2.45, 2.75) is 26.2 Å². The first-order chi connectivity index (χ1) is 9.79. The molecule has 0 saturated heterocycles. The Kier molecular flexibility index (Phi) is 3.98. The number of halogens is 1. The number of carboxylic acid groups (broad SMARTS) is 1. The summed E-state index contributed by atoms with van der Waals surface area (Å²) in [6.07, 6.45) is 0. The average molecular weight is 288 g/mol. The Balaban J connectivity index is 2.31. The van der Waals surface area contributed by atoms with Crippen LogP contribution in [-0.4, -0.2) is 11.1 Å². The second kappa shape index (κ2) is 5.56. The van der Waals surface area contributed by atoms with Crippen molar-refractivity contribution >= 4 is 5.97 Å². The number of hydrogen-bond donors (Lipinski definition) is 1. The van der Waals surface area contributed by atoms with E-state index in [2.05, 4.69) is 20.8 Å². The van der Waals surface area contributed by atoms with Crippen molar-refractivity contribution < 1.29 is 19.0 Å². The van der Waals surface area contributed by atoms with E-state index in [0.29, 0.717) is 5.75 Å². The van der Waals surface area contributed by atoms with Gasteiger partial charge in [0, 0.05) is 0 Å². The molecule has 0 aromatic heterocycles. The molecular weight excluding hydrogens is 271 g/mol. The molecule has 0 spiro atoms. The Morgan fingerprint density at radius 1 is 1.10 bits per heavy atom. The van der Waals surface area contributed by atoms with Gasteiger partial charge in [-0.15, -0.1) is 0 Å². The van der Waals surface area contributed by atoms with E-state index in [9.17, 15) is 9.18 Å². The van der Waals surface area contributed by atoms with E-state index >= 15 is 0 Å². The maximum absolute atomic E-state index is 13.6. The van der Waals surface area contributed by atoms with E-state index in [0.717, 1.165) is 11.6 Å². The highest BCUT2D eigenvalue weighted by Crippen LogP contribution is 2.29. The number of carbonyl (C=O) groups is 1. The zero-order chi connectivity index (χ0) is 15.6. The third-order valence-electron chi connectivity index (χ3n) is 3.14. The molecule has 0 bridgehead atoms. The standard InChI is InChI=1S/C17H17FO3/c1-17(2,3)11-7-9-12(10-8-11)21-14-6-4-5-13(18)15(14)16(19)20/h4-10H,1-3H3,(H,19,20). The van der Waals surface area contributed by atoms with Gasteiger partial charge in [-0.05, 0) is 35.2 Å². The molecule has 0 heterocycles. The second-order valence-corrected chi connectivity index (χ2v) is 5.79. The van der Waals surface area contributed by atoms with E-state index in [1.807, 2.05) is 12.1 Å². The van der Waals surface area contributed by atoms with E-state index in [1.54, 1.807) is 12.1 Å². The Labute approximate surface area is 123 Å². The molecule has 1 N–H and O–H groups in total. The van der Waals surface area contributed by atoms with Gasteiger partial charge in [-0.3, -0.25) is 0 Å². The van der Waals surface area contributed by atoms with Crippen LogP contribution in [0.3, 0.4) is 0 Å². The van der Waals surface area contributed by atoms with Crippen LogP contribution in [0, 0.1) is 5.82 Å². The fourth-order valence-corrected chi connectivity index (χ4v) is 1.95. The van der Waals surface area contributed by atoms with Gasteiger partial charge in [0.15, 0.2) is 0 Å². The van der Waals surface area contributed by atoms with Crippen LogP contribution in [0.25, 0.3) is 0 Å². The zero-order valence-electron chi connectivity index (χ0n) is 12.2. The van der Waals surface area contributed by atoms with Gasteiger partial charge in [0.2, 0.25) is 0 Å². The summed E-state index contributed by atoms with van der Waals surface area (Å²) in [6, 6.07) is 11.3. The third kappa shape index (κ3) is 3.40. The lowest BCUT2D eigenvalue weighted by molar-refractivity contribution is 0.0689. The highest BCUT2D eigenvalue weighted by Gasteiger charge is 2.18. The molecule has 0 amide bonds. The summed E-state index contributed by atoms with van der Waals surface area (Å²) in [5.74, 6) is -1.71. The number of rotatable bonds is 3. The SMILES string of the molecule is CC(C)(C)c1ccc(Oc2cccc(F)c2C(=O)O)cc1. The number of ether oxygens (including phenoxy) is 1. The van der Waals surface area contributed by atoms with Crippen LogP contribution in [0.4, 0.5) is 4.39 Å². The van der Waals surface area contributed by atoms with E-state index in [1.165, 1.54) is 12.1 Å². The van der Waals surface area contributed by atoms with E-state index < -0.39 is 17.3 Å². The first kappa shape index (κ1) is 15.0. The van der Waals surface area contributed by atoms with Gasteiger partial charge in [-0.2, -0.15) is 0 Å². The molecule has 2 rings (SSSR count). The maximum Gasteiger partial charge on any atom is 0.342 e. The van der Waals surface area contributed by atoms with Crippen molar-refractivity contribution in [1.29, 1.82) is 0 Å². The second-order valence-electron chi connectivity index (χ2n) is 5.79. The summed E-state index contributed by atoms with van der Waals surface area (Å²) in [5.41, 5.74) is 0.689. The third-order valence-corrected chi connectivity index (χ3v) is 3.14. The Morgan fingerprint density at radius 3 is 2.24 bits per heavy atom. The van der Waals surface area contributed by atoms with Gasteiger partial charge in [0.25, 0.3) is 0 Å². The number of aromatic carboxylic acids is 1. The predicted octanol–water partition coefficient (Wildman–Crippen LogP) is 4.61. The van der Waals surface area contributed by atoms with Crippen LogP contribution < -0.4 is 4.74 Å². The van der Waals surface area contributed by atoms with Crippen molar-refractivity contribution in [3.05, 3.63) is 59.4 Å². The first-order valence-corrected chi connectivity index (χ1v) is 6.59. The first-order valence-electron chi connectivity index (χ1n) is 6.59. The average Bonchev–Trinajstić information content (AvgIpc) is 2.38. The maximum atomic E-state index is 13.6. The summed E-state index contributed by atoms with van der Waals surface area (Å²) < 4.78 is 19.1. The van der Waals surface area contributed by atoms with Crippen molar-refractivity contribution in [1.82, 2.24) is 0 Å². The van der Waals surface area contributed by atoms with Gasteiger partial charge in [0.05, 0.1) is 0 Å². The summed E-state index contributed by atoms with van der Waals surface area (Å²) >= 11 is 0. The summed E-state index contributed by atoms with van der Waals surface area (Å²) in [5, 5.41) is 9.06. The highest BCUT2D eigenvalue weighted by molar-refractivity contribution is 5.91. The smallest absolute Gasteiger partial charge is 0.342 e. The molecule has 3 nitrogen and oxygen atoms in total. The normalized spacial score (nSPS) is 11.2. The molecule has 2 aromatic rings. The molecule has 4 heteroatoms. The van der Waals surface area contributed by atoms with Gasteiger partial charge in [0.1, 0.15) is 22.9 Å². The molecule has 110 valence electrons. The van der Waals surface area contributed by atoms with Crippen molar-refractivity contribution in [3.8, 4) is 11.5 Å². The van der Waals surface area contributed by atoms with Crippen LogP contribution in [-0.2, 0) is 5.41 Å². The topological polar surface area (TPSA) is 46.5 Å². The molecular formula is C17H17FO3. The van der Waals surface area contributed by atoms with Crippen LogP contribution >= 0.6 is 0 Å². The Bertz CT molecular complexity index is 655. The minimum atomic E-state index is -1.35. The minimum absolute atomic E-state index is 0.00833. The van der Waals surface area contributed by atoms with Crippen molar-refractivity contribution in [3.63, 3.8) is 0 Å². The fraction of sp³-hybridized carbons (Fsp3) is 0.235. The lowest BCUT2D eigenvalue weighted by Gasteiger charge is -2.19. The molecule has 2 aromatic carbocycles. The van der Waals surface area contributed by atoms with Crippen LogP contribution in [0.5, 0.6) is 11.5 Å². The molecule has 0 aliphatic carbocycles. The summed E-state index contributed by atoms with van der Waals surface area (Å²) in [6.45, 7) is 6.29. The molecule has 0 saturated carbocycles. The predicted molar refractivity (Wildman–Crippen MR) is 78.6 cm³/mol. The molecule has 0 aliphatic heterocycles. The van der Waals surface area contributed by atoms with Gasteiger partial charge < -0.3 is 9.84 Å². The monoisotopic (exact) mass is 288 g/mol. The van der Waals surface area contributed by atoms with Gasteiger partial charge >= 0.3 is 5.97 Å². The van der Waals surface area contributed by atoms with Crippen LogP contribution in [0.15, 0.2) is 42.5 Å². The van der Waals surface area contributed by atoms with E-state index in [-0.39, 0.29) is 11.2 Å². The molecule has 0 fully saturated rings. The minimum Gasteiger partial charge on any atom is -0.477 e. The van der Waals surface area contributed by atoms with E-state index in [4.69, 9.17) is 9.84 Å². The fourth-order valence-electron chi connectivity index (χ4n) is 1.95. The molecule has 0 radical (unpaired) electrons. The Hall–Kier alpha value is -2.36. The number of hydrogen-bond acceptors (Lipinski definition) is 2. The number of carboxylic acids is 1. The largest absolute Gasteiger partial charge is 0.477 e. The van der Waals surface area contributed by atoms with Crippen molar-refractivity contribution in [2.75, 3.05) is 0 Å². The number of benzene rings is 2. The van der Waals surface area contributed by atoms with Crippen LogP contribution in [0.2, 0.25) is 0 Å². The lowest BCUT2D eigenvalue weighted by Crippen LogP contribution is -2.10. The zero-order valence-corrected chi connectivity index (χ0v) is 12.2. The molecule has 0 atom stereocenters. The Morgan fingerprint density at radius 2 is 1.71 bits per heavy atom. The highest BCUT2D eigenvalue weighted by atomic mass is 19.1. The summed E-state index contributed by atoms with van der Waals surface area (Å²) in [4.78, 5) is 11.1. The lowest BCUT2D eigenvalue weighted by atomic mass is 9.87. The van der Waals surface area contributed by atoms with Gasteiger partial charge in [-0.1, -0.05) is 39.0 Å². The summed E-state index contributed by atoms with van der Waals surface area (Å²) in [7, 11) is 0. The quantitative estimate of drug-likeness (QED) is 0.896. The van der Waals surface area contributed by atoms with Crippen LogP contribution in [0.1, 0.15) is 36.7 Å². The van der Waals surface area contributed by atoms with Gasteiger partial charge in [-0.25, -0.2) is 9.18 Å². The molecule has 0 unspecified atom stereocenters.